The molecule has 1 saturated heterocycles. The van der Waals surface area contributed by atoms with Crippen LogP contribution in [0.5, 0.6) is 0 Å². The summed E-state index contributed by atoms with van der Waals surface area (Å²) in [6.07, 6.45) is 5.05. The highest BCUT2D eigenvalue weighted by Crippen LogP contribution is 2.34. The number of halogens is 1. The van der Waals surface area contributed by atoms with Crippen molar-refractivity contribution in [3.63, 3.8) is 0 Å². The van der Waals surface area contributed by atoms with Gasteiger partial charge in [-0.3, -0.25) is 14.6 Å². The van der Waals surface area contributed by atoms with Gasteiger partial charge >= 0.3 is 0 Å². The van der Waals surface area contributed by atoms with E-state index in [1.807, 2.05) is 0 Å². The SMILES string of the molecule is O=C1C[C@@H](C(=O)N2CCN(c3cnccn3)CC2)c2ccc(F)cc2N1. The average molecular weight is 355 g/mol. The maximum Gasteiger partial charge on any atom is 0.230 e. The Kier molecular flexibility index (Phi) is 4.24. The number of carbonyl (C=O) groups excluding carboxylic acids is 2. The van der Waals surface area contributed by atoms with Crippen LogP contribution < -0.4 is 10.2 Å². The standard InChI is InChI=1S/C18H18FN5O2/c19-12-1-2-13-14(10-17(25)22-15(13)9-12)18(26)24-7-5-23(6-8-24)16-11-20-3-4-21-16/h1-4,9,11,14H,5-8,10H2,(H,22,25)/t14-/m1/s1. The Hall–Kier alpha value is -3.03. The van der Waals surface area contributed by atoms with E-state index in [2.05, 4.69) is 20.2 Å². The normalized spacial score (nSPS) is 19.7. The van der Waals surface area contributed by atoms with Gasteiger partial charge in [0.25, 0.3) is 0 Å². The van der Waals surface area contributed by atoms with E-state index in [1.54, 1.807) is 29.6 Å². The van der Waals surface area contributed by atoms with Crippen LogP contribution in [0, 0.1) is 5.82 Å². The van der Waals surface area contributed by atoms with E-state index in [0.29, 0.717) is 37.4 Å². The van der Waals surface area contributed by atoms with Crippen LogP contribution in [0.2, 0.25) is 0 Å². The summed E-state index contributed by atoms with van der Waals surface area (Å²) in [6, 6.07) is 4.17. The second-order valence-electron chi connectivity index (χ2n) is 6.41. The zero-order valence-electron chi connectivity index (χ0n) is 14.1. The van der Waals surface area contributed by atoms with E-state index >= 15 is 0 Å². The van der Waals surface area contributed by atoms with Gasteiger partial charge in [-0.2, -0.15) is 0 Å². The van der Waals surface area contributed by atoms with Crippen molar-refractivity contribution in [1.82, 2.24) is 14.9 Å². The van der Waals surface area contributed by atoms with Crippen LogP contribution in [-0.4, -0.2) is 52.9 Å². The van der Waals surface area contributed by atoms with Crippen molar-refractivity contribution >= 4 is 23.3 Å². The lowest BCUT2D eigenvalue weighted by molar-refractivity contribution is -0.135. The predicted octanol–water partition coefficient (Wildman–Crippen LogP) is 1.39. The molecule has 2 aliphatic heterocycles. The van der Waals surface area contributed by atoms with Gasteiger partial charge in [0.2, 0.25) is 11.8 Å². The van der Waals surface area contributed by atoms with Crippen molar-refractivity contribution < 1.29 is 14.0 Å². The Morgan fingerprint density at radius 3 is 2.73 bits per heavy atom. The number of nitrogens with one attached hydrogen (secondary N) is 1. The monoisotopic (exact) mass is 355 g/mol. The van der Waals surface area contributed by atoms with Crippen LogP contribution in [0.4, 0.5) is 15.9 Å². The molecular formula is C18H18FN5O2. The van der Waals surface area contributed by atoms with E-state index in [1.165, 1.54) is 12.1 Å². The molecule has 2 aromatic rings. The van der Waals surface area contributed by atoms with Crippen molar-refractivity contribution in [2.75, 3.05) is 36.4 Å². The van der Waals surface area contributed by atoms with Crippen molar-refractivity contribution in [1.29, 1.82) is 0 Å². The Bertz CT molecular complexity index is 837. The number of carbonyl (C=O) groups is 2. The Morgan fingerprint density at radius 2 is 2.00 bits per heavy atom. The van der Waals surface area contributed by atoms with Crippen molar-refractivity contribution in [2.24, 2.45) is 0 Å². The fraction of sp³-hybridized carbons (Fsp3) is 0.333. The van der Waals surface area contributed by atoms with E-state index in [4.69, 9.17) is 0 Å². The highest BCUT2D eigenvalue weighted by atomic mass is 19.1. The predicted molar refractivity (Wildman–Crippen MR) is 93.2 cm³/mol. The zero-order chi connectivity index (χ0) is 18.1. The smallest absolute Gasteiger partial charge is 0.230 e. The number of benzene rings is 1. The molecule has 7 nitrogen and oxygen atoms in total. The molecular weight excluding hydrogens is 337 g/mol. The summed E-state index contributed by atoms with van der Waals surface area (Å²) < 4.78 is 13.4. The number of aromatic nitrogens is 2. The molecule has 1 N–H and O–H groups in total. The van der Waals surface area contributed by atoms with E-state index in [-0.39, 0.29) is 18.2 Å². The van der Waals surface area contributed by atoms with Gasteiger partial charge in [0.1, 0.15) is 11.6 Å². The number of rotatable bonds is 2. The summed E-state index contributed by atoms with van der Waals surface area (Å²) in [5.74, 6) is -0.569. The summed E-state index contributed by atoms with van der Waals surface area (Å²) in [5.41, 5.74) is 1.06. The molecule has 1 aromatic heterocycles. The van der Waals surface area contributed by atoms with Crippen LogP contribution in [0.1, 0.15) is 17.9 Å². The molecule has 0 aliphatic carbocycles. The van der Waals surface area contributed by atoms with Gasteiger partial charge in [-0.25, -0.2) is 9.37 Å². The van der Waals surface area contributed by atoms with Gasteiger partial charge in [0.15, 0.2) is 0 Å². The number of anilines is 2. The van der Waals surface area contributed by atoms with E-state index in [9.17, 15) is 14.0 Å². The van der Waals surface area contributed by atoms with Gasteiger partial charge in [0.05, 0.1) is 12.1 Å². The maximum absolute atomic E-state index is 13.4. The molecule has 4 rings (SSSR count). The fourth-order valence-corrected chi connectivity index (χ4v) is 3.49. The molecule has 1 atom stereocenters. The average Bonchev–Trinajstić information content (AvgIpc) is 2.67. The molecule has 1 aromatic carbocycles. The first-order valence-electron chi connectivity index (χ1n) is 8.51. The fourth-order valence-electron chi connectivity index (χ4n) is 3.49. The van der Waals surface area contributed by atoms with Crippen LogP contribution in [-0.2, 0) is 9.59 Å². The van der Waals surface area contributed by atoms with Gasteiger partial charge < -0.3 is 15.1 Å². The molecule has 2 aliphatic rings. The van der Waals surface area contributed by atoms with Crippen LogP contribution in [0.15, 0.2) is 36.8 Å². The van der Waals surface area contributed by atoms with Gasteiger partial charge in [0, 0.05) is 50.7 Å². The topological polar surface area (TPSA) is 78.4 Å². The zero-order valence-corrected chi connectivity index (χ0v) is 14.1. The third kappa shape index (κ3) is 3.10. The minimum atomic E-state index is -0.567. The largest absolute Gasteiger partial charge is 0.352 e. The summed E-state index contributed by atoms with van der Waals surface area (Å²) in [4.78, 5) is 37.1. The Morgan fingerprint density at radius 1 is 1.19 bits per heavy atom. The van der Waals surface area contributed by atoms with Gasteiger partial charge in [-0.05, 0) is 17.7 Å². The molecule has 0 saturated carbocycles. The highest BCUT2D eigenvalue weighted by Gasteiger charge is 2.34. The van der Waals surface area contributed by atoms with Crippen LogP contribution in [0.25, 0.3) is 0 Å². The molecule has 0 spiro atoms. The number of hydrogen-bond donors (Lipinski definition) is 1. The summed E-state index contributed by atoms with van der Waals surface area (Å²) in [7, 11) is 0. The van der Waals surface area contributed by atoms with E-state index < -0.39 is 11.7 Å². The molecule has 1 fully saturated rings. The lowest BCUT2D eigenvalue weighted by Crippen LogP contribution is -2.51. The third-order valence-corrected chi connectivity index (χ3v) is 4.82. The molecule has 0 bridgehead atoms. The molecule has 0 unspecified atom stereocenters. The van der Waals surface area contributed by atoms with Crippen molar-refractivity contribution in [2.45, 2.75) is 12.3 Å². The summed E-state index contributed by atoms with van der Waals surface area (Å²) >= 11 is 0. The molecule has 0 radical (unpaired) electrons. The molecule has 26 heavy (non-hydrogen) atoms. The number of fused-ring (bicyclic) bond motifs is 1. The van der Waals surface area contributed by atoms with Crippen molar-refractivity contribution in [3.05, 3.63) is 48.2 Å². The lowest BCUT2D eigenvalue weighted by atomic mass is 9.89. The maximum atomic E-state index is 13.4. The van der Waals surface area contributed by atoms with E-state index in [0.717, 1.165) is 5.82 Å². The lowest BCUT2D eigenvalue weighted by Gasteiger charge is -2.37. The van der Waals surface area contributed by atoms with Crippen molar-refractivity contribution in [3.8, 4) is 0 Å². The second-order valence-corrected chi connectivity index (χ2v) is 6.41. The third-order valence-electron chi connectivity index (χ3n) is 4.82. The minimum absolute atomic E-state index is 0.0852. The minimum Gasteiger partial charge on any atom is -0.352 e. The van der Waals surface area contributed by atoms with Gasteiger partial charge in [-0.1, -0.05) is 6.07 Å². The highest BCUT2D eigenvalue weighted by molar-refractivity contribution is 6.01. The first-order valence-corrected chi connectivity index (χ1v) is 8.51. The summed E-state index contributed by atoms with van der Waals surface area (Å²) in [6.45, 7) is 2.40. The number of nitrogens with zero attached hydrogens (tertiary/aromatic N) is 4. The first kappa shape index (κ1) is 16.4. The quantitative estimate of drug-likeness (QED) is 0.881. The van der Waals surface area contributed by atoms with Crippen LogP contribution >= 0.6 is 0 Å². The molecule has 8 heteroatoms. The number of hydrogen-bond acceptors (Lipinski definition) is 5. The first-order chi connectivity index (χ1) is 12.6. The Labute approximate surface area is 149 Å². The van der Waals surface area contributed by atoms with Crippen LogP contribution in [0.3, 0.4) is 0 Å². The Balaban J connectivity index is 1.48. The number of piperazine rings is 1. The molecule has 3 heterocycles. The number of amides is 2. The second kappa shape index (κ2) is 6.70. The molecule has 2 amide bonds. The van der Waals surface area contributed by atoms with Gasteiger partial charge in [-0.15, -0.1) is 0 Å². The summed E-state index contributed by atoms with van der Waals surface area (Å²) in [5, 5.41) is 2.64. The molecule has 134 valence electrons.